The topological polar surface area (TPSA) is 46.6 Å². The molecule has 0 saturated carbocycles. The Hall–Kier alpha value is -1.96. The van der Waals surface area contributed by atoms with Crippen LogP contribution >= 0.6 is 39.9 Å². The van der Waals surface area contributed by atoms with Crippen molar-refractivity contribution in [1.29, 1.82) is 0 Å². The van der Waals surface area contributed by atoms with Gasteiger partial charge in [0.15, 0.2) is 4.32 Å². The van der Waals surface area contributed by atoms with Gasteiger partial charge in [-0.05, 0) is 48.0 Å². The number of nitrogens with zero attached hydrogens (tertiary/aromatic N) is 1. The standard InChI is InChI=1S/C18H12BrNO3S2/c1-23-17(22)12-5-7-14(8-6-12)20-16(21)15(25-18(20)24)10-11-3-2-4-13(19)9-11/h2-10H,1H3/b15-10+. The molecule has 126 valence electrons. The Morgan fingerprint density at radius 2 is 1.96 bits per heavy atom. The number of halogens is 1. The van der Waals surface area contributed by atoms with E-state index in [-0.39, 0.29) is 5.91 Å². The first-order chi connectivity index (χ1) is 12.0. The van der Waals surface area contributed by atoms with Crippen LogP contribution in [-0.4, -0.2) is 23.3 Å². The molecule has 25 heavy (non-hydrogen) atoms. The summed E-state index contributed by atoms with van der Waals surface area (Å²) in [6.07, 6.45) is 1.81. The Labute approximate surface area is 163 Å². The first-order valence-corrected chi connectivity index (χ1v) is 9.23. The second kappa shape index (κ2) is 7.51. The summed E-state index contributed by atoms with van der Waals surface area (Å²) in [4.78, 5) is 26.3. The summed E-state index contributed by atoms with van der Waals surface area (Å²) in [5, 5.41) is 0. The van der Waals surface area contributed by atoms with Gasteiger partial charge in [0, 0.05) is 4.47 Å². The van der Waals surface area contributed by atoms with Crippen LogP contribution in [0.1, 0.15) is 15.9 Å². The molecule has 7 heteroatoms. The maximum atomic E-state index is 12.7. The number of thiocarbonyl (C=S) groups is 1. The van der Waals surface area contributed by atoms with E-state index in [1.807, 2.05) is 30.3 Å². The number of carbonyl (C=O) groups excluding carboxylic acids is 2. The Kier molecular flexibility index (Phi) is 5.36. The number of rotatable bonds is 3. The van der Waals surface area contributed by atoms with Crippen molar-refractivity contribution in [1.82, 2.24) is 0 Å². The van der Waals surface area contributed by atoms with Crippen molar-refractivity contribution in [2.75, 3.05) is 12.0 Å². The highest BCUT2D eigenvalue weighted by Crippen LogP contribution is 2.36. The third kappa shape index (κ3) is 3.84. The number of amides is 1. The number of benzene rings is 2. The summed E-state index contributed by atoms with van der Waals surface area (Å²) in [5.74, 6) is -0.604. The lowest BCUT2D eigenvalue weighted by molar-refractivity contribution is -0.113. The number of carbonyl (C=O) groups is 2. The van der Waals surface area contributed by atoms with Crippen molar-refractivity contribution in [3.63, 3.8) is 0 Å². The first kappa shape index (κ1) is 17.8. The summed E-state index contributed by atoms with van der Waals surface area (Å²) in [6.45, 7) is 0. The van der Waals surface area contributed by atoms with E-state index in [1.54, 1.807) is 24.3 Å². The molecule has 2 aromatic carbocycles. The molecule has 1 aliphatic rings. The van der Waals surface area contributed by atoms with E-state index in [1.165, 1.54) is 23.8 Å². The Balaban J connectivity index is 1.87. The lowest BCUT2D eigenvalue weighted by Crippen LogP contribution is -2.27. The number of anilines is 1. The zero-order valence-electron chi connectivity index (χ0n) is 13.1. The second-order valence-corrected chi connectivity index (χ2v) is 7.70. The minimum absolute atomic E-state index is 0.180. The van der Waals surface area contributed by atoms with E-state index >= 15 is 0 Å². The fourth-order valence-corrected chi connectivity index (χ4v) is 4.02. The monoisotopic (exact) mass is 433 g/mol. The molecule has 0 atom stereocenters. The molecule has 1 aliphatic heterocycles. The predicted molar refractivity (Wildman–Crippen MR) is 108 cm³/mol. The largest absolute Gasteiger partial charge is 0.465 e. The van der Waals surface area contributed by atoms with Crippen LogP contribution in [0, 0.1) is 0 Å². The molecule has 0 aliphatic carbocycles. The molecule has 0 bridgehead atoms. The number of hydrogen-bond acceptors (Lipinski definition) is 5. The molecule has 4 nitrogen and oxygen atoms in total. The number of esters is 1. The fourth-order valence-electron chi connectivity index (χ4n) is 2.30. The van der Waals surface area contributed by atoms with Crippen LogP contribution in [0.15, 0.2) is 57.9 Å². The summed E-state index contributed by atoms with van der Waals surface area (Å²) >= 11 is 10.0. The predicted octanol–water partition coefficient (Wildman–Crippen LogP) is 4.64. The van der Waals surface area contributed by atoms with Crippen molar-refractivity contribution >= 4 is 67.9 Å². The minimum Gasteiger partial charge on any atom is -0.465 e. The number of ether oxygens (including phenoxy) is 1. The molecule has 0 spiro atoms. The molecule has 1 fully saturated rings. The van der Waals surface area contributed by atoms with Crippen molar-refractivity contribution in [3.05, 3.63) is 69.0 Å². The van der Waals surface area contributed by atoms with Gasteiger partial charge in [0.05, 0.1) is 23.3 Å². The van der Waals surface area contributed by atoms with Crippen LogP contribution < -0.4 is 4.90 Å². The SMILES string of the molecule is COC(=O)c1ccc(N2C(=O)/C(=C\c3cccc(Br)c3)SC2=S)cc1. The zero-order chi connectivity index (χ0) is 18.0. The number of hydrogen-bond donors (Lipinski definition) is 0. The fraction of sp³-hybridized carbons (Fsp3) is 0.0556. The van der Waals surface area contributed by atoms with Gasteiger partial charge in [-0.25, -0.2) is 4.79 Å². The third-order valence-electron chi connectivity index (χ3n) is 3.49. The van der Waals surface area contributed by atoms with Crippen molar-refractivity contribution in [2.24, 2.45) is 0 Å². The van der Waals surface area contributed by atoms with Gasteiger partial charge in [-0.15, -0.1) is 0 Å². The first-order valence-electron chi connectivity index (χ1n) is 7.21. The van der Waals surface area contributed by atoms with Crippen LogP contribution in [0.3, 0.4) is 0 Å². The lowest BCUT2D eigenvalue weighted by Gasteiger charge is -2.14. The van der Waals surface area contributed by atoms with E-state index in [9.17, 15) is 9.59 Å². The molecule has 0 radical (unpaired) electrons. The van der Waals surface area contributed by atoms with E-state index in [0.717, 1.165) is 10.0 Å². The van der Waals surface area contributed by atoms with Gasteiger partial charge in [-0.2, -0.15) is 0 Å². The van der Waals surface area contributed by atoms with Crippen LogP contribution in [0.25, 0.3) is 6.08 Å². The zero-order valence-corrected chi connectivity index (χ0v) is 16.3. The molecule has 0 aromatic heterocycles. The molecule has 1 heterocycles. The van der Waals surface area contributed by atoms with Crippen molar-refractivity contribution in [3.8, 4) is 0 Å². The van der Waals surface area contributed by atoms with Crippen LogP contribution in [0.5, 0.6) is 0 Å². The molecule has 2 aromatic rings. The number of methoxy groups -OCH3 is 1. The Bertz CT molecular complexity index is 893. The van der Waals surface area contributed by atoms with Gasteiger partial charge in [-0.1, -0.05) is 52.0 Å². The minimum atomic E-state index is -0.425. The average Bonchev–Trinajstić information content (AvgIpc) is 2.88. The van der Waals surface area contributed by atoms with E-state index in [0.29, 0.717) is 20.5 Å². The highest BCUT2D eigenvalue weighted by atomic mass is 79.9. The summed E-state index contributed by atoms with van der Waals surface area (Å²) < 4.78 is 6.07. The quantitative estimate of drug-likeness (QED) is 0.400. The maximum Gasteiger partial charge on any atom is 0.337 e. The van der Waals surface area contributed by atoms with Gasteiger partial charge in [0.2, 0.25) is 0 Å². The highest BCUT2D eigenvalue weighted by molar-refractivity contribution is 9.10. The highest BCUT2D eigenvalue weighted by Gasteiger charge is 2.33. The van der Waals surface area contributed by atoms with Crippen LogP contribution in [0.4, 0.5) is 5.69 Å². The van der Waals surface area contributed by atoms with Crippen LogP contribution in [-0.2, 0) is 9.53 Å². The summed E-state index contributed by atoms with van der Waals surface area (Å²) in [7, 11) is 1.32. The normalized spacial score (nSPS) is 15.8. The molecular weight excluding hydrogens is 422 g/mol. The van der Waals surface area contributed by atoms with E-state index in [4.69, 9.17) is 12.2 Å². The maximum absolute atomic E-state index is 12.7. The van der Waals surface area contributed by atoms with Crippen molar-refractivity contribution in [2.45, 2.75) is 0 Å². The number of thioether (sulfide) groups is 1. The third-order valence-corrected chi connectivity index (χ3v) is 5.28. The van der Waals surface area contributed by atoms with E-state index < -0.39 is 5.97 Å². The smallest absolute Gasteiger partial charge is 0.337 e. The second-order valence-electron chi connectivity index (χ2n) is 5.11. The van der Waals surface area contributed by atoms with Gasteiger partial charge in [0.25, 0.3) is 5.91 Å². The molecular formula is C18H12BrNO3S2. The van der Waals surface area contributed by atoms with Crippen molar-refractivity contribution < 1.29 is 14.3 Å². The molecule has 1 amide bonds. The average molecular weight is 434 g/mol. The Morgan fingerprint density at radius 1 is 1.24 bits per heavy atom. The molecule has 0 N–H and O–H groups in total. The lowest BCUT2D eigenvalue weighted by atomic mass is 10.2. The van der Waals surface area contributed by atoms with Crippen LogP contribution in [0.2, 0.25) is 0 Å². The molecule has 1 saturated heterocycles. The van der Waals surface area contributed by atoms with E-state index in [2.05, 4.69) is 20.7 Å². The Morgan fingerprint density at radius 3 is 2.60 bits per heavy atom. The summed E-state index contributed by atoms with van der Waals surface area (Å²) in [5.41, 5.74) is 1.95. The van der Waals surface area contributed by atoms with Gasteiger partial charge < -0.3 is 4.74 Å². The summed E-state index contributed by atoms with van der Waals surface area (Å²) in [6, 6.07) is 14.3. The van der Waals surface area contributed by atoms with Gasteiger partial charge >= 0.3 is 5.97 Å². The van der Waals surface area contributed by atoms with Gasteiger partial charge in [0.1, 0.15) is 0 Å². The van der Waals surface area contributed by atoms with Gasteiger partial charge in [-0.3, -0.25) is 9.69 Å². The molecule has 0 unspecified atom stereocenters. The molecule has 3 rings (SSSR count).